The molecule has 2 aromatic carbocycles. The lowest BCUT2D eigenvalue weighted by Crippen LogP contribution is -2.15. The molecule has 178 valence electrons. The van der Waals surface area contributed by atoms with Gasteiger partial charge in [-0.2, -0.15) is 0 Å². The Balaban J connectivity index is 1.51. The third-order valence-electron chi connectivity index (χ3n) is 4.50. The Hall–Kier alpha value is -3.08. The maximum absolute atomic E-state index is 12.3. The van der Waals surface area contributed by atoms with E-state index in [1.54, 1.807) is 24.3 Å². The zero-order chi connectivity index (χ0) is 24.5. The van der Waals surface area contributed by atoms with Crippen LogP contribution in [0.15, 0.2) is 60.3 Å². The molecular formula is C22H21Cl2N5O4S. The van der Waals surface area contributed by atoms with Gasteiger partial charge < -0.3 is 14.6 Å². The normalized spacial score (nSPS) is 10.6. The molecule has 0 aliphatic rings. The molecule has 9 nitrogen and oxygen atoms in total. The lowest BCUT2D eigenvalue weighted by Gasteiger charge is -2.10. The second kappa shape index (κ2) is 12.4. The van der Waals surface area contributed by atoms with Crippen LogP contribution in [0.5, 0.6) is 5.75 Å². The molecule has 0 unspecified atom stereocenters. The van der Waals surface area contributed by atoms with Crippen LogP contribution in [0.1, 0.15) is 12.2 Å². The first-order chi connectivity index (χ1) is 16.4. The van der Waals surface area contributed by atoms with Crippen LogP contribution in [0.2, 0.25) is 10.0 Å². The lowest BCUT2D eigenvalue weighted by atomic mass is 10.3. The minimum atomic E-state index is -0.496. The third-order valence-corrected chi connectivity index (χ3v) is 5.99. The van der Waals surface area contributed by atoms with E-state index in [0.29, 0.717) is 52.6 Å². The number of carbonyl (C=O) groups is 1. The second-order valence-electron chi connectivity index (χ2n) is 6.97. The smallest absolute Gasteiger partial charge is 0.269 e. The Labute approximate surface area is 210 Å². The van der Waals surface area contributed by atoms with Gasteiger partial charge in [-0.05, 0) is 36.8 Å². The number of halogens is 2. The lowest BCUT2D eigenvalue weighted by molar-refractivity contribution is -0.384. The molecule has 0 saturated carbocycles. The van der Waals surface area contributed by atoms with Crippen molar-refractivity contribution in [2.75, 3.05) is 17.7 Å². The summed E-state index contributed by atoms with van der Waals surface area (Å²) in [5.41, 5.74) is 0.435. The zero-order valence-corrected chi connectivity index (χ0v) is 20.3. The molecule has 1 aromatic heterocycles. The molecule has 12 heteroatoms. The predicted octanol–water partition coefficient (Wildman–Crippen LogP) is 5.42. The highest BCUT2D eigenvalue weighted by atomic mass is 35.5. The first-order valence-corrected chi connectivity index (χ1v) is 11.9. The van der Waals surface area contributed by atoms with Gasteiger partial charge in [-0.3, -0.25) is 14.9 Å². The number of hydrogen-bond acceptors (Lipinski definition) is 7. The Morgan fingerprint density at radius 2 is 2.00 bits per heavy atom. The maximum Gasteiger partial charge on any atom is 0.269 e. The van der Waals surface area contributed by atoms with Crippen LogP contribution in [-0.2, 0) is 17.8 Å². The molecule has 0 fully saturated rings. The van der Waals surface area contributed by atoms with Gasteiger partial charge in [-0.15, -0.1) is 16.8 Å². The van der Waals surface area contributed by atoms with Gasteiger partial charge >= 0.3 is 0 Å². The Bertz CT molecular complexity index is 1170. The highest BCUT2D eigenvalue weighted by Crippen LogP contribution is 2.27. The van der Waals surface area contributed by atoms with Crippen LogP contribution >= 0.6 is 35.0 Å². The van der Waals surface area contributed by atoms with E-state index < -0.39 is 4.92 Å². The number of amides is 1. The van der Waals surface area contributed by atoms with E-state index in [4.69, 9.17) is 27.9 Å². The summed E-state index contributed by atoms with van der Waals surface area (Å²) in [6.07, 6.45) is 3.03. The molecule has 3 rings (SSSR count). The van der Waals surface area contributed by atoms with Crippen LogP contribution in [0, 0.1) is 10.1 Å². The highest BCUT2D eigenvalue weighted by Gasteiger charge is 2.14. The molecule has 0 radical (unpaired) electrons. The molecule has 0 aliphatic heterocycles. The second-order valence-corrected chi connectivity index (χ2v) is 8.75. The molecule has 0 spiro atoms. The van der Waals surface area contributed by atoms with Gasteiger partial charge in [0.2, 0.25) is 5.91 Å². The highest BCUT2D eigenvalue weighted by molar-refractivity contribution is 7.99. The maximum atomic E-state index is 12.3. The third kappa shape index (κ3) is 7.21. The molecule has 1 amide bonds. The van der Waals surface area contributed by atoms with Crippen molar-refractivity contribution in [3.8, 4) is 5.75 Å². The van der Waals surface area contributed by atoms with E-state index in [1.165, 1.54) is 36.0 Å². The molecule has 3 aromatic rings. The average Bonchev–Trinajstić information content (AvgIpc) is 3.18. The molecule has 0 bridgehead atoms. The molecule has 34 heavy (non-hydrogen) atoms. The number of rotatable bonds is 12. The Kier molecular flexibility index (Phi) is 9.32. The number of ether oxygens (including phenoxy) is 1. The van der Waals surface area contributed by atoms with Gasteiger partial charge in [0.1, 0.15) is 11.6 Å². The van der Waals surface area contributed by atoms with E-state index in [1.807, 2.05) is 4.57 Å². The van der Waals surface area contributed by atoms with Crippen molar-refractivity contribution in [1.29, 1.82) is 0 Å². The number of non-ortho nitro benzene ring substituents is 1. The van der Waals surface area contributed by atoms with Crippen LogP contribution in [0.4, 0.5) is 11.4 Å². The summed E-state index contributed by atoms with van der Waals surface area (Å²) in [6.45, 7) is 4.71. The van der Waals surface area contributed by atoms with E-state index in [-0.39, 0.29) is 17.3 Å². The summed E-state index contributed by atoms with van der Waals surface area (Å²) in [5, 5.41) is 23.5. The molecule has 0 saturated heterocycles. The van der Waals surface area contributed by atoms with E-state index in [9.17, 15) is 14.9 Å². The topological polar surface area (TPSA) is 112 Å². The van der Waals surface area contributed by atoms with Crippen LogP contribution in [-0.4, -0.2) is 38.0 Å². The number of allylic oxidation sites excluding steroid dienone is 1. The standard InChI is InChI=1S/C22H21Cl2N5O4S/c1-2-11-28-20(4-3-12-33-19-10-5-15(23)13-18(19)24)26-27-22(28)34-14-21(30)25-16-6-8-17(9-7-16)29(31)32/h2,5-10,13H,1,3-4,11-12,14H2,(H,25,30). The number of aromatic nitrogens is 3. The van der Waals surface area contributed by atoms with Crippen molar-refractivity contribution >= 4 is 52.2 Å². The SMILES string of the molecule is C=CCn1c(CCCOc2ccc(Cl)cc2Cl)nnc1SCC(=O)Nc1ccc([N+](=O)[O-])cc1. The van der Waals surface area contributed by atoms with E-state index >= 15 is 0 Å². The number of benzene rings is 2. The number of thioether (sulfide) groups is 1. The van der Waals surface area contributed by atoms with Crippen molar-refractivity contribution in [2.45, 2.75) is 24.5 Å². The summed E-state index contributed by atoms with van der Waals surface area (Å²) >= 11 is 13.3. The largest absolute Gasteiger partial charge is 0.492 e. The number of nitro groups is 1. The number of hydrogen-bond donors (Lipinski definition) is 1. The van der Waals surface area contributed by atoms with Crippen molar-refractivity contribution in [3.05, 3.63) is 81.1 Å². The average molecular weight is 522 g/mol. The van der Waals surface area contributed by atoms with E-state index in [0.717, 1.165) is 5.82 Å². The molecule has 0 atom stereocenters. The van der Waals surface area contributed by atoms with Gasteiger partial charge in [0.15, 0.2) is 5.16 Å². The van der Waals surface area contributed by atoms with E-state index in [2.05, 4.69) is 22.1 Å². The molecular weight excluding hydrogens is 501 g/mol. The fourth-order valence-electron chi connectivity index (χ4n) is 2.92. The first kappa shape index (κ1) is 25.5. The first-order valence-electron chi connectivity index (χ1n) is 10.2. The molecule has 1 N–H and O–H groups in total. The molecule has 1 heterocycles. The summed E-state index contributed by atoms with van der Waals surface area (Å²) < 4.78 is 7.61. The monoisotopic (exact) mass is 521 g/mol. The Morgan fingerprint density at radius 1 is 1.24 bits per heavy atom. The fourth-order valence-corrected chi connectivity index (χ4v) is 4.15. The van der Waals surface area contributed by atoms with Gasteiger partial charge in [-0.1, -0.05) is 41.0 Å². The fraction of sp³-hybridized carbons (Fsp3) is 0.227. The Morgan fingerprint density at radius 3 is 2.68 bits per heavy atom. The van der Waals surface area contributed by atoms with Crippen molar-refractivity contribution in [1.82, 2.24) is 14.8 Å². The van der Waals surface area contributed by atoms with Crippen molar-refractivity contribution < 1.29 is 14.5 Å². The number of carbonyl (C=O) groups excluding carboxylic acids is 1. The van der Waals surface area contributed by atoms with Gasteiger partial charge in [0.05, 0.1) is 22.3 Å². The van der Waals surface area contributed by atoms with Crippen LogP contribution in [0.25, 0.3) is 0 Å². The number of aryl methyl sites for hydroxylation is 1. The number of nitrogens with zero attached hydrogens (tertiary/aromatic N) is 4. The van der Waals surface area contributed by atoms with Crippen molar-refractivity contribution in [2.24, 2.45) is 0 Å². The summed E-state index contributed by atoms with van der Waals surface area (Å²) in [6, 6.07) is 10.7. The van der Waals surface area contributed by atoms with Gasteiger partial charge in [-0.25, -0.2) is 0 Å². The quantitative estimate of drug-likeness (QED) is 0.111. The summed E-state index contributed by atoms with van der Waals surface area (Å²) in [5.74, 6) is 1.16. The van der Waals surface area contributed by atoms with Gasteiger partial charge in [0, 0.05) is 35.8 Å². The van der Waals surface area contributed by atoms with Crippen LogP contribution in [0.3, 0.4) is 0 Å². The van der Waals surface area contributed by atoms with Crippen molar-refractivity contribution in [3.63, 3.8) is 0 Å². The number of nitro benzene ring substituents is 1. The number of nitrogens with one attached hydrogen (secondary N) is 1. The number of anilines is 1. The summed E-state index contributed by atoms with van der Waals surface area (Å²) in [7, 11) is 0. The zero-order valence-electron chi connectivity index (χ0n) is 17.9. The predicted molar refractivity (Wildman–Crippen MR) is 133 cm³/mol. The minimum absolute atomic E-state index is 0.0425. The molecule has 0 aliphatic carbocycles. The minimum Gasteiger partial charge on any atom is -0.492 e. The summed E-state index contributed by atoms with van der Waals surface area (Å²) in [4.78, 5) is 22.5. The van der Waals surface area contributed by atoms with Crippen LogP contribution < -0.4 is 10.1 Å². The van der Waals surface area contributed by atoms with Gasteiger partial charge in [0.25, 0.3) is 5.69 Å².